The summed E-state index contributed by atoms with van der Waals surface area (Å²) in [5.74, 6) is 0.661. The van der Waals surface area contributed by atoms with Crippen LogP contribution in [0.2, 0.25) is 0 Å². The average Bonchev–Trinajstić information content (AvgIpc) is 3.08. The predicted molar refractivity (Wildman–Crippen MR) is 94.6 cm³/mol. The molecule has 0 saturated heterocycles. The van der Waals surface area contributed by atoms with Crippen molar-refractivity contribution in [1.82, 2.24) is 20.3 Å². The largest absolute Gasteiger partial charge is 0.349 e. The van der Waals surface area contributed by atoms with Crippen LogP contribution in [0.25, 0.3) is 11.4 Å². The summed E-state index contributed by atoms with van der Waals surface area (Å²) in [7, 11) is 0. The molecule has 0 radical (unpaired) electrons. The first-order valence-electron chi connectivity index (χ1n) is 7.68. The molecular weight excluding hydrogens is 320 g/mol. The lowest BCUT2D eigenvalue weighted by Gasteiger charge is -2.16. The van der Waals surface area contributed by atoms with Gasteiger partial charge >= 0.3 is 0 Å². The third kappa shape index (κ3) is 3.83. The average molecular weight is 338 g/mol. The fraction of sp³-hybridized carbons (Fsp3) is 0.222. The van der Waals surface area contributed by atoms with Crippen molar-refractivity contribution in [3.63, 3.8) is 0 Å². The van der Waals surface area contributed by atoms with Gasteiger partial charge in [0.25, 0.3) is 0 Å². The molecule has 6 heteroatoms. The smallest absolute Gasteiger partial charge is 0.224 e. The second kappa shape index (κ2) is 7.31. The number of nitrogens with one attached hydrogen (secondary N) is 1. The first-order chi connectivity index (χ1) is 11.6. The fourth-order valence-electron chi connectivity index (χ4n) is 2.49. The highest BCUT2D eigenvalue weighted by Crippen LogP contribution is 2.19. The Kier molecular flexibility index (Phi) is 4.96. The van der Waals surface area contributed by atoms with Crippen LogP contribution in [0.15, 0.2) is 47.5 Å². The fourth-order valence-corrected chi connectivity index (χ4v) is 3.16. The summed E-state index contributed by atoms with van der Waals surface area (Å²) in [5.41, 5.74) is 3.74. The van der Waals surface area contributed by atoms with Gasteiger partial charge in [-0.3, -0.25) is 9.78 Å². The minimum absolute atomic E-state index is 0.00138. The van der Waals surface area contributed by atoms with Gasteiger partial charge in [0.05, 0.1) is 12.5 Å². The molecule has 122 valence electrons. The van der Waals surface area contributed by atoms with Gasteiger partial charge in [0.1, 0.15) is 0 Å². The third-order valence-corrected chi connectivity index (χ3v) is 4.48. The summed E-state index contributed by atoms with van der Waals surface area (Å²) >= 11 is 1.59. The molecule has 0 aliphatic heterocycles. The number of hydrogen-bond donors (Lipinski definition) is 1. The SMILES string of the molecule is Cc1nc(-c2ccncc2)ncc1C(C)NC(=O)Cc1ccsc1. The van der Waals surface area contributed by atoms with Crippen LogP contribution in [-0.2, 0) is 11.2 Å². The number of pyridine rings is 1. The molecule has 3 rings (SSSR count). The van der Waals surface area contributed by atoms with Crippen molar-refractivity contribution in [2.75, 3.05) is 0 Å². The topological polar surface area (TPSA) is 67.8 Å². The second-order valence-corrected chi connectivity index (χ2v) is 6.35. The van der Waals surface area contributed by atoms with Gasteiger partial charge in [0.15, 0.2) is 5.82 Å². The van der Waals surface area contributed by atoms with Crippen LogP contribution in [-0.4, -0.2) is 20.9 Å². The summed E-state index contributed by atoms with van der Waals surface area (Å²) in [4.78, 5) is 25.1. The number of amides is 1. The minimum Gasteiger partial charge on any atom is -0.349 e. The summed E-state index contributed by atoms with van der Waals surface area (Å²) in [6.45, 7) is 3.88. The molecule has 3 aromatic rings. The normalized spacial score (nSPS) is 11.9. The number of nitrogens with zero attached hydrogens (tertiary/aromatic N) is 3. The molecule has 0 spiro atoms. The highest BCUT2D eigenvalue weighted by atomic mass is 32.1. The Bertz CT molecular complexity index is 818. The Balaban J connectivity index is 1.71. The maximum atomic E-state index is 12.1. The maximum Gasteiger partial charge on any atom is 0.224 e. The van der Waals surface area contributed by atoms with Crippen molar-refractivity contribution in [3.05, 3.63) is 64.4 Å². The van der Waals surface area contributed by atoms with Gasteiger partial charge in [-0.1, -0.05) is 0 Å². The van der Waals surface area contributed by atoms with E-state index in [0.29, 0.717) is 12.2 Å². The van der Waals surface area contributed by atoms with Gasteiger partial charge < -0.3 is 5.32 Å². The first kappa shape index (κ1) is 16.3. The molecule has 5 nitrogen and oxygen atoms in total. The van der Waals surface area contributed by atoms with Crippen LogP contribution in [0.5, 0.6) is 0 Å². The molecule has 0 fully saturated rings. The highest BCUT2D eigenvalue weighted by Gasteiger charge is 2.14. The van der Waals surface area contributed by atoms with Crippen LogP contribution in [0.1, 0.15) is 29.8 Å². The van der Waals surface area contributed by atoms with E-state index in [1.54, 1.807) is 29.9 Å². The quantitative estimate of drug-likeness (QED) is 0.775. The standard InChI is InChI=1S/C18H18N4OS/c1-12(21-17(23)9-14-5-8-24-11-14)16-10-20-18(22-13(16)2)15-3-6-19-7-4-15/h3-8,10-12H,9H2,1-2H3,(H,21,23). The summed E-state index contributed by atoms with van der Waals surface area (Å²) in [6.07, 6.45) is 5.61. The molecule has 24 heavy (non-hydrogen) atoms. The molecule has 1 N–H and O–H groups in total. The maximum absolute atomic E-state index is 12.1. The zero-order valence-electron chi connectivity index (χ0n) is 13.6. The van der Waals surface area contributed by atoms with Crippen LogP contribution in [0.3, 0.4) is 0 Å². The van der Waals surface area contributed by atoms with Crippen molar-refractivity contribution in [2.24, 2.45) is 0 Å². The molecule has 0 bridgehead atoms. The number of hydrogen-bond acceptors (Lipinski definition) is 5. The molecule has 0 saturated carbocycles. The molecule has 3 heterocycles. The van der Waals surface area contributed by atoms with E-state index in [0.717, 1.165) is 22.4 Å². The molecule has 0 aliphatic carbocycles. The molecule has 0 aromatic carbocycles. The van der Waals surface area contributed by atoms with Crippen LogP contribution < -0.4 is 5.32 Å². The molecule has 1 amide bonds. The van der Waals surface area contributed by atoms with E-state index in [1.165, 1.54) is 0 Å². The number of carbonyl (C=O) groups excluding carboxylic acids is 1. The van der Waals surface area contributed by atoms with E-state index < -0.39 is 0 Å². The Morgan fingerprint density at radius 2 is 2.08 bits per heavy atom. The zero-order valence-corrected chi connectivity index (χ0v) is 14.4. The van der Waals surface area contributed by atoms with Crippen molar-refractivity contribution in [3.8, 4) is 11.4 Å². The van der Waals surface area contributed by atoms with E-state index in [4.69, 9.17) is 0 Å². The number of thiophene rings is 1. The number of aromatic nitrogens is 3. The van der Waals surface area contributed by atoms with Gasteiger partial charge in [0.2, 0.25) is 5.91 Å². The van der Waals surface area contributed by atoms with Gasteiger partial charge in [0, 0.05) is 35.4 Å². The molecule has 1 atom stereocenters. The number of aryl methyl sites for hydroxylation is 1. The second-order valence-electron chi connectivity index (χ2n) is 5.57. The lowest BCUT2D eigenvalue weighted by Crippen LogP contribution is -2.28. The zero-order chi connectivity index (χ0) is 16.9. The van der Waals surface area contributed by atoms with E-state index >= 15 is 0 Å². The Morgan fingerprint density at radius 3 is 2.75 bits per heavy atom. The lowest BCUT2D eigenvalue weighted by molar-refractivity contribution is -0.121. The summed E-state index contributed by atoms with van der Waals surface area (Å²) in [5, 5.41) is 6.97. The first-order valence-corrected chi connectivity index (χ1v) is 8.62. The van der Waals surface area contributed by atoms with Crippen LogP contribution in [0.4, 0.5) is 0 Å². The molecule has 1 unspecified atom stereocenters. The van der Waals surface area contributed by atoms with Crippen molar-refractivity contribution >= 4 is 17.2 Å². The van der Waals surface area contributed by atoms with E-state index in [2.05, 4.69) is 20.3 Å². The van der Waals surface area contributed by atoms with Crippen molar-refractivity contribution < 1.29 is 4.79 Å². The van der Waals surface area contributed by atoms with Gasteiger partial charge in [-0.15, -0.1) is 0 Å². The molecule has 3 aromatic heterocycles. The van der Waals surface area contributed by atoms with Gasteiger partial charge in [-0.2, -0.15) is 11.3 Å². The third-order valence-electron chi connectivity index (χ3n) is 3.74. The van der Waals surface area contributed by atoms with Crippen molar-refractivity contribution in [2.45, 2.75) is 26.3 Å². The van der Waals surface area contributed by atoms with Gasteiger partial charge in [-0.25, -0.2) is 9.97 Å². The van der Waals surface area contributed by atoms with Crippen LogP contribution in [0, 0.1) is 6.92 Å². The highest BCUT2D eigenvalue weighted by molar-refractivity contribution is 7.08. The molecular formula is C18H18N4OS. The number of rotatable bonds is 5. The Hall–Kier alpha value is -2.60. The Labute approximate surface area is 144 Å². The van der Waals surface area contributed by atoms with E-state index in [1.807, 2.05) is 42.8 Å². The molecule has 0 aliphatic rings. The summed E-state index contributed by atoms with van der Waals surface area (Å²) < 4.78 is 0. The van der Waals surface area contributed by atoms with Crippen LogP contribution >= 0.6 is 11.3 Å². The lowest BCUT2D eigenvalue weighted by atomic mass is 10.1. The monoisotopic (exact) mass is 338 g/mol. The predicted octanol–water partition coefficient (Wildman–Crippen LogP) is 3.33. The minimum atomic E-state index is -0.136. The van der Waals surface area contributed by atoms with E-state index in [9.17, 15) is 4.79 Å². The van der Waals surface area contributed by atoms with Gasteiger partial charge in [-0.05, 0) is 48.4 Å². The Morgan fingerprint density at radius 1 is 1.29 bits per heavy atom. The summed E-state index contributed by atoms with van der Waals surface area (Å²) in [6, 6.07) is 5.58. The van der Waals surface area contributed by atoms with Crippen molar-refractivity contribution in [1.29, 1.82) is 0 Å². The number of carbonyl (C=O) groups is 1. The van der Waals surface area contributed by atoms with E-state index in [-0.39, 0.29) is 11.9 Å².